The van der Waals surface area contributed by atoms with Crippen LogP contribution in [0.1, 0.15) is 0 Å². The summed E-state index contributed by atoms with van der Waals surface area (Å²) in [6, 6.07) is -0.875. The Morgan fingerprint density at radius 2 is 1.65 bits per heavy atom. The first-order valence-corrected chi connectivity index (χ1v) is 7.09. The molecule has 0 aromatic heterocycles. The normalized spacial score (nSPS) is 18.2. The number of hydrogen-bond donors (Lipinski definition) is 0. The van der Waals surface area contributed by atoms with Gasteiger partial charge < -0.3 is 0 Å². The van der Waals surface area contributed by atoms with Crippen molar-refractivity contribution >= 4 is 93.8 Å². The Morgan fingerprint density at radius 3 is 2.06 bits per heavy atom. The van der Waals surface area contributed by atoms with E-state index < -0.39 is 19.0 Å². The highest BCUT2D eigenvalue weighted by Gasteiger charge is 2.45. The molecule has 0 spiro atoms. The smallest absolute Gasteiger partial charge is 0.271 e. The van der Waals surface area contributed by atoms with E-state index in [-0.39, 0.29) is 18.5 Å². The van der Waals surface area contributed by atoms with Gasteiger partial charge in [0.15, 0.2) is 0 Å². The topological polar surface area (TPSA) is 40.6 Å². The molecule has 3 amide bonds. The lowest BCUT2D eigenvalue weighted by Crippen LogP contribution is -2.28. The molecule has 1 fully saturated rings. The van der Waals surface area contributed by atoms with Crippen molar-refractivity contribution in [2.24, 2.45) is 0 Å². The summed E-state index contributed by atoms with van der Waals surface area (Å²) in [5.41, 5.74) is 0. The van der Waals surface area contributed by atoms with Gasteiger partial charge in [0, 0.05) is 23.9 Å². The van der Waals surface area contributed by atoms with Gasteiger partial charge in [-0.15, -0.1) is 0 Å². The summed E-state index contributed by atoms with van der Waals surface area (Å²) < 4.78 is 9.61. The number of alkyl halides is 6. The Labute approximate surface area is 129 Å². The van der Waals surface area contributed by atoms with Gasteiger partial charge in [0.1, 0.15) is 6.54 Å². The third kappa shape index (κ3) is 5.26. The number of rotatable bonds is 3. The van der Waals surface area contributed by atoms with Crippen molar-refractivity contribution < 1.29 is 14.0 Å². The van der Waals surface area contributed by atoms with Crippen LogP contribution in [-0.4, -0.2) is 34.1 Å². The van der Waals surface area contributed by atoms with Gasteiger partial charge >= 0.3 is 9.95 Å². The SMILES string of the molecule is O=C1CN(SC(Cl)(Cl)Cl)C(=O)N1SC(F)(Cl)Cl. The van der Waals surface area contributed by atoms with Crippen molar-refractivity contribution in [3.63, 3.8) is 0 Å². The molecule has 0 radical (unpaired) electrons. The summed E-state index contributed by atoms with van der Waals surface area (Å²) in [4.78, 5) is 23.0. The van der Waals surface area contributed by atoms with Gasteiger partial charge in [0.2, 0.25) is 0 Å². The quantitative estimate of drug-likeness (QED) is 0.421. The fourth-order valence-corrected chi connectivity index (χ4v) is 3.20. The fourth-order valence-electron chi connectivity index (χ4n) is 0.852. The minimum absolute atomic E-state index is 0.0245. The van der Waals surface area contributed by atoms with E-state index in [1.54, 1.807) is 0 Å². The van der Waals surface area contributed by atoms with Gasteiger partial charge in [-0.2, -0.15) is 8.70 Å². The third-order valence-electron chi connectivity index (χ3n) is 1.30. The van der Waals surface area contributed by atoms with Crippen molar-refractivity contribution in [3.05, 3.63) is 0 Å². The lowest BCUT2D eigenvalue weighted by molar-refractivity contribution is -0.121. The summed E-state index contributed by atoms with van der Waals surface area (Å²) >= 11 is 26.9. The first-order valence-electron chi connectivity index (χ1n) is 3.66. The lowest BCUT2D eigenvalue weighted by atomic mass is 10.7. The molecular weight excluding hydrogens is 380 g/mol. The van der Waals surface area contributed by atoms with E-state index >= 15 is 0 Å². The molecule has 0 aromatic rings. The number of nitrogens with zero attached hydrogens (tertiary/aromatic N) is 2. The van der Waals surface area contributed by atoms with Crippen LogP contribution >= 0.6 is 81.9 Å². The second-order valence-electron chi connectivity index (χ2n) is 2.58. The molecule has 1 aliphatic rings. The van der Waals surface area contributed by atoms with Crippen molar-refractivity contribution in [1.82, 2.24) is 8.61 Å². The maximum Gasteiger partial charge on any atom is 0.347 e. The number of imide groups is 1. The maximum atomic E-state index is 12.9. The monoisotopic (exact) mass is 380 g/mol. The molecule has 0 atom stereocenters. The molecule has 17 heavy (non-hydrogen) atoms. The Kier molecular flexibility index (Phi) is 5.26. The van der Waals surface area contributed by atoms with Crippen molar-refractivity contribution in [2.75, 3.05) is 6.54 Å². The standard InChI is InChI=1S/C5H2Cl5FN2O2S2/c6-4(7,8)16-12-1-2(14)13(3(12)15)17-5(9,10)11/h1H2. The molecule has 0 saturated carbocycles. The highest BCUT2D eigenvalue weighted by Crippen LogP contribution is 2.45. The number of urea groups is 1. The van der Waals surface area contributed by atoms with E-state index in [2.05, 4.69) is 0 Å². The second-order valence-corrected chi connectivity index (χ2v) is 9.56. The molecular formula is C5H2Cl5FN2O2S2. The highest BCUT2D eigenvalue weighted by molar-refractivity contribution is 8.04. The average molecular weight is 382 g/mol. The number of carbonyl (C=O) groups excluding carboxylic acids is 2. The molecule has 1 rings (SSSR count). The molecule has 0 aromatic carbocycles. The predicted octanol–water partition coefficient (Wildman–Crippen LogP) is 3.93. The van der Waals surface area contributed by atoms with Crippen molar-refractivity contribution in [1.29, 1.82) is 0 Å². The van der Waals surface area contributed by atoms with E-state index in [4.69, 9.17) is 58.0 Å². The maximum absolute atomic E-state index is 12.9. The number of halogens is 6. The molecule has 1 heterocycles. The van der Waals surface area contributed by atoms with Crippen LogP contribution in [0.4, 0.5) is 9.18 Å². The minimum Gasteiger partial charge on any atom is -0.271 e. The summed E-state index contributed by atoms with van der Waals surface area (Å²) in [6.45, 7) is -0.367. The fraction of sp³-hybridized carbons (Fsp3) is 0.600. The Morgan fingerprint density at radius 1 is 1.12 bits per heavy atom. The molecule has 0 bridgehead atoms. The van der Waals surface area contributed by atoms with Crippen LogP contribution < -0.4 is 0 Å². The first kappa shape index (κ1) is 16.1. The summed E-state index contributed by atoms with van der Waals surface area (Å²) in [5, 5.41) is 0. The zero-order valence-electron chi connectivity index (χ0n) is 7.50. The lowest BCUT2D eigenvalue weighted by Gasteiger charge is -2.19. The van der Waals surface area contributed by atoms with Crippen LogP contribution in [0.2, 0.25) is 0 Å². The third-order valence-corrected chi connectivity index (χ3v) is 3.80. The molecule has 0 N–H and O–H groups in total. The van der Waals surface area contributed by atoms with Crippen LogP contribution in [0.15, 0.2) is 0 Å². The summed E-state index contributed by atoms with van der Waals surface area (Å²) in [6.07, 6.45) is 0. The largest absolute Gasteiger partial charge is 0.347 e. The van der Waals surface area contributed by atoms with Gasteiger partial charge in [-0.1, -0.05) is 58.0 Å². The molecule has 98 valence electrons. The van der Waals surface area contributed by atoms with Crippen LogP contribution in [0, 0.1) is 0 Å². The second kappa shape index (κ2) is 5.56. The predicted molar refractivity (Wildman–Crippen MR) is 70.0 cm³/mol. The van der Waals surface area contributed by atoms with E-state index in [1.807, 2.05) is 0 Å². The first-order chi connectivity index (χ1) is 7.49. The molecule has 12 heteroatoms. The van der Waals surface area contributed by atoms with E-state index in [0.29, 0.717) is 16.3 Å². The van der Waals surface area contributed by atoms with Crippen molar-refractivity contribution in [2.45, 2.75) is 7.04 Å². The Balaban J connectivity index is 2.72. The summed E-state index contributed by atoms with van der Waals surface area (Å²) in [7, 11) is 0. The van der Waals surface area contributed by atoms with E-state index in [0.717, 1.165) is 4.31 Å². The van der Waals surface area contributed by atoms with Gasteiger partial charge in [-0.25, -0.2) is 4.79 Å². The average Bonchev–Trinajstić information content (AvgIpc) is 2.27. The van der Waals surface area contributed by atoms with Gasteiger partial charge in [0.25, 0.3) is 9.03 Å². The molecule has 1 saturated heterocycles. The number of hydrogen-bond acceptors (Lipinski definition) is 4. The number of amides is 3. The number of carbonyl (C=O) groups is 2. The zero-order chi connectivity index (χ0) is 13.4. The van der Waals surface area contributed by atoms with Gasteiger partial charge in [-0.3, -0.25) is 9.10 Å². The van der Waals surface area contributed by atoms with Crippen molar-refractivity contribution in [3.8, 4) is 0 Å². The molecule has 4 nitrogen and oxygen atoms in total. The Hall–Kier alpha value is 1.02. The van der Waals surface area contributed by atoms with Crippen LogP contribution in [-0.2, 0) is 4.79 Å². The van der Waals surface area contributed by atoms with Crippen LogP contribution in [0.5, 0.6) is 0 Å². The summed E-state index contributed by atoms with van der Waals surface area (Å²) in [5.74, 6) is -0.718. The van der Waals surface area contributed by atoms with Gasteiger partial charge in [-0.05, 0) is 0 Å². The van der Waals surface area contributed by atoms with E-state index in [9.17, 15) is 14.0 Å². The molecule has 1 aliphatic heterocycles. The zero-order valence-corrected chi connectivity index (χ0v) is 12.9. The highest BCUT2D eigenvalue weighted by atomic mass is 35.6. The van der Waals surface area contributed by atoms with E-state index in [1.165, 1.54) is 0 Å². The molecule has 0 aliphatic carbocycles. The van der Waals surface area contributed by atoms with Gasteiger partial charge in [0.05, 0.1) is 0 Å². The Bertz CT molecular complexity index is 346. The minimum atomic E-state index is -2.80. The molecule has 0 unspecified atom stereocenters. The van der Waals surface area contributed by atoms with Crippen LogP contribution in [0.3, 0.4) is 0 Å². The van der Waals surface area contributed by atoms with Crippen LogP contribution in [0.25, 0.3) is 0 Å².